The van der Waals surface area contributed by atoms with Crippen LogP contribution >= 0.6 is 15.9 Å². The second kappa shape index (κ2) is 6.21. The molecule has 0 bridgehead atoms. The van der Waals surface area contributed by atoms with Crippen LogP contribution in [0.5, 0.6) is 5.75 Å². The molecule has 1 atom stereocenters. The fourth-order valence-corrected chi connectivity index (χ4v) is 2.45. The maximum atomic E-state index is 10.3. The Labute approximate surface area is 121 Å². The average molecular weight is 325 g/mol. The van der Waals surface area contributed by atoms with Crippen molar-refractivity contribution in [3.05, 3.63) is 46.2 Å². The summed E-state index contributed by atoms with van der Waals surface area (Å²) >= 11 is 3.50. The fraction of sp³-hybridized carbons (Fsp3) is 0.357. The summed E-state index contributed by atoms with van der Waals surface area (Å²) in [6.07, 6.45) is 1.65. The molecule has 0 aliphatic carbocycles. The van der Waals surface area contributed by atoms with Crippen molar-refractivity contribution in [1.82, 2.24) is 9.78 Å². The van der Waals surface area contributed by atoms with Crippen molar-refractivity contribution in [2.24, 2.45) is 0 Å². The highest BCUT2D eigenvalue weighted by atomic mass is 79.9. The molecule has 1 aromatic carbocycles. The first-order valence-corrected chi connectivity index (χ1v) is 6.97. The standard InChI is InChI=1S/C14H17BrN2O2/c1-3-17-13(6-7-16-17)14(18)9-10-8-11(19-2)4-5-12(10)15/h4-8,14,18H,3,9H2,1-2H3. The van der Waals surface area contributed by atoms with Crippen molar-refractivity contribution in [2.75, 3.05) is 7.11 Å². The van der Waals surface area contributed by atoms with Gasteiger partial charge in [0, 0.05) is 23.6 Å². The Hall–Kier alpha value is -1.33. The van der Waals surface area contributed by atoms with Crippen LogP contribution in [0.4, 0.5) is 0 Å². The van der Waals surface area contributed by atoms with Gasteiger partial charge >= 0.3 is 0 Å². The topological polar surface area (TPSA) is 47.3 Å². The first-order chi connectivity index (χ1) is 9.15. The number of hydrogen-bond acceptors (Lipinski definition) is 3. The molecule has 1 heterocycles. The molecular formula is C14H17BrN2O2. The third kappa shape index (κ3) is 3.16. The summed E-state index contributed by atoms with van der Waals surface area (Å²) in [5.74, 6) is 0.786. The highest BCUT2D eigenvalue weighted by Crippen LogP contribution is 2.27. The van der Waals surface area contributed by atoms with E-state index in [2.05, 4.69) is 21.0 Å². The van der Waals surface area contributed by atoms with Gasteiger partial charge in [0.25, 0.3) is 0 Å². The van der Waals surface area contributed by atoms with E-state index in [1.807, 2.05) is 31.2 Å². The van der Waals surface area contributed by atoms with Crippen molar-refractivity contribution in [2.45, 2.75) is 26.0 Å². The minimum Gasteiger partial charge on any atom is -0.497 e. The summed E-state index contributed by atoms with van der Waals surface area (Å²) in [4.78, 5) is 0. The quantitative estimate of drug-likeness (QED) is 0.919. The minimum atomic E-state index is -0.578. The maximum absolute atomic E-state index is 10.3. The molecule has 0 radical (unpaired) electrons. The second-order valence-electron chi connectivity index (χ2n) is 4.25. The van der Waals surface area contributed by atoms with Crippen LogP contribution in [0.1, 0.15) is 24.3 Å². The molecule has 5 heteroatoms. The molecule has 4 nitrogen and oxygen atoms in total. The van der Waals surface area contributed by atoms with Gasteiger partial charge in [-0.2, -0.15) is 5.10 Å². The van der Waals surface area contributed by atoms with E-state index in [-0.39, 0.29) is 0 Å². The molecule has 0 saturated heterocycles. The number of halogens is 1. The Morgan fingerprint density at radius 1 is 1.42 bits per heavy atom. The summed E-state index contributed by atoms with van der Waals surface area (Å²) < 4.78 is 7.98. The van der Waals surface area contributed by atoms with Gasteiger partial charge < -0.3 is 9.84 Å². The zero-order valence-corrected chi connectivity index (χ0v) is 12.6. The number of aromatic nitrogens is 2. The summed E-state index contributed by atoms with van der Waals surface area (Å²) in [5, 5.41) is 14.5. The average Bonchev–Trinajstić information content (AvgIpc) is 2.89. The van der Waals surface area contributed by atoms with Gasteiger partial charge in [0.15, 0.2) is 0 Å². The van der Waals surface area contributed by atoms with Gasteiger partial charge in [-0.25, -0.2) is 0 Å². The van der Waals surface area contributed by atoms with Crippen LogP contribution in [-0.2, 0) is 13.0 Å². The van der Waals surface area contributed by atoms with Crippen LogP contribution in [0.2, 0.25) is 0 Å². The van der Waals surface area contributed by atoms with Gasteiger partial charge in [-0.3, -0.25) is 4.68 Å². The third-order valence-corrected chi connectivity index (χ3v) is 3.83. The molecule has 0 aliphatic rings. The number of benzene rings is 1. The number of aliphatic hydroxyl groups is 1. The van der Waals surface area contributed by atoms with E-state index in [9.17, 15) is 5.11 Å². The van der Waals surface area contributed by atoms with E-state index in [0.717, 1.165) is 28.0 Å². The molecule has 0 aliphatic heterocycles. The van der Waals surface area contributed by atoms with E-state index in [1.165, 1.54) is 0 Å². The van der Waals surface area contributed by atoms with Crippen molar-refractivity contribution < 1.29 is 9.84 Å². The van der Waals surface area contributed by atoms with Crippen LogP contribution in [0.3, 0.4) is 0 Å². The lowest BCUT2D eigenvalue weighted by Gasteiger charge is -2.14. The van der Waals surface area contributed by atoms with Crippen molar-refractivity contribution in [3.63, 3.8) is 0 Å². The van der Waals surface area contributed by atoms with Gasteiger partial charge in [0.2, 0.25) is 0 Å². The fourth-order valence-electron chi connectivity index (χ4n) is 2.04. The van der Waals surface area contributed by atoms with Gasteiger partial charge in [-0.15, -0.1) is 0 Å². The smallest absolute Gasteiger partial charge is 0.119 e. The number of rotatable bonds is 5. The summed E-state index contributed by atoms with van der Waals surface area (Å²) in [6.45, 7) is 2.75. The Kier molecular flexibility index (Phi) is 4.61. The lowest BCUT2D eigenvalue weighted by Crippen LogP contribution is -2.10. The molecular weight excluding hydrogens is 308 g/mol. The number of aliphatic hydroxyl groups excluding tert-OH is 1. The van der Waals surface area contributed by atoms with E-state index in [0.29, 0.717) is 6.42 Å². The van der Waals surface area contributed by atoms with Crippen LogP contribution < -0.4 is 4.74 Å². The minimum absolute atomic E-state index is 0.517. The van der Waals surface area contributed by atoms with Crippen molar-refractivity contribution >= 4 is 15.9 Å². The zero-order chi connectivity index (χ0) is 13.8. The molecule has 19 heavy (non-hydrogen) atoms. The molecule has 1 aromatic heterocycles. The van der Waals surface area contributed by atoms with Gasteiger partial charge in [-0.05, 0) is 36.8 Å². The Balaban J connectivity index is 2.21. The third-order valence-electron chi connectivity index (χ3n) is 3.06. The molecule has 2 rings (SSSR count). The van der Waals surface area contributed by atoms with Gasteiger partial charge in [0.1, 0.15) is 5.75 Å². The molecule has 2 aromatic rings. The number of ether oxygens (including phenoxy) is 1. The van der Waals surface area contributed by atoms with Crippen molar-refractivity contribution in [3.8, 4) is 5.75 Å². The molecule has 0 amide bonds. The summed E-state index contributed by atoms with van der Waals surface area (Å²) in [5.41, 5.74) is 1.84. The van der Waals surface area contributed by atoms with Crippen LogP contribution in [-0.4, -0.2) is 22.0 Å². The molecule has 1 unspecified atom stereocenters. The normalized spacial score (nSPS) is 12.4. The summed E-state index contributed by atoms with van der Waals surface area (Å²) in [6, 6.07) is 7.59. The lowest BCUT2D eigenvalue weighted by atomic mass is 10.1. The first kappa shape index (κ1) is 14.1. The van der Waals surface area contributed by atoms with E-state index in [4.69, 9.17) is 4.74 Å². The molecule has 0 fully saturated rings. The van der Waals surface area contributed by atoms with Gasteiger partial charge in [0.05, 0.1) is 18.9 Å². The van der Waals surface area contributed by atoms with E-state index >= 15 is 0 Å². The number of methoxy groups -OCH3 is 1. The lowest BCUT2D eigenvalue weighted by molar-refractivity contribution is 0.167. The molecule has 1 N–H and O–H groups in total. The van der Waals surface area contributed by atoms with Crippen LogP contribution in [0, 0.1) is 0 Å². The second-order valence-corrected chi connectivity index (χ2v) is 5.10. The molecule has 0 saturated carbocycles. The monoisotopic (exact) mass is 324 g/mol. The van der Waals surface area contributed by atoms with E-state index in [1.54, 1.807) is 18.0 Å². The number of nitrogens with zero attached hydrogens (tertiary/aromatic N) is 2. The zero-order valence-electron chi connectivity index (χ0n) is 11.0. The van der Waals surface area contributed by atoms with Crippen molar-refractivity contribution in [1.29, 1.82) is 0 Å². The highest BCUT2D eigenvalue weighted by Gasteiger charge is 2.15. The molecule has 0 spiro atoms. The largest absolute Gasteiger partial charge is 0.497 e. The van der Waals surface area contributed by atoms with Gasteiger partial charge in [-0.1, -0.05) is 15.9 Å². The Bertz CT molecular complexity index is 554. The summed E-state index contributed by atoms with van der Waals surface area (Å²) in [7, 11) is 1.63. The predicted molar refractivity (Wildman–Crippen MR) is 77.3 cm³/mol. The highest BCUT2D eigenvalue weighted by molar-refractivity contribution is 9.10. The van der Waals surface area contributed by atoms with Crippen LogP contribution in [0.15, 0.2) is 34.9 Å². The number of aryl methyl sites for hydroxylation is 1. The Morgan fingerprint density at radius 2 is 2.21 bits per heavy atom. The van der Waals surface area contributed by atoms with E-state index < -0.39 is 6.10 Å². The number of hydrogen-bond donors (Lipinski definition) is 1. The first-order valence-electron chi connectivity index (χ1n) is 6.18. The SMILES string of the molecule is CCn1nccc1C(O)Cc1cc(OC)ccc1Br. The Morgan fingerprint density at radius 3 is 2.89 bits per heavy atom. The maximum Gasteiger partial charge on any atom is 0.119 e. The predicted octanol–water partition coefficient (Wildman–Crippen LogP) is 2.95. The van der Waals surface area contributed by atoms with Crippen LogP contribution in [0.25, 0.3) is 0 Å². The molecule has 102 valence electrons.